The molecular formula is C19H19FN2O. The molecule has 23 heavy (non-hydrogen) atoms. The van der Waals surface area contributed by atoms with E-state index in [0.29, 0.717) is 6.61 Å². The van der Waals surface area contributed by atoms with Gasteiger partial charge in [0.2, 0.25) is 0 Å². The number of nitrogens with one attached hydrogen (secondary N) is 2. The van der Waals surface area contributed by atoms with Crippen LogP contribution >= 0.6 is 0 Å². The molecule has 2 heterocycles. The number of aromatic amines is 1. The van der Waals surface area contributed by atoms with Crippen molar-refractivity contribution in [1.82, 2.24) is 10.3 Å². The van der Waals surface area contributed by atoms with E-state index in [2.05, 4.69) is 22.4 Å². The summed E-state index contributed by atoms with van der Waals surface area (Å²) in [5, 5.41) is 4.72. The number of halogens is 1. The average Bonchev–Trinajstić information content (AvgIpc) is 2.75. The Hall–Kier alpha value is -2.33. The maximum atomic E-state index is 12.9. The predicted molar refractivity (Wildman–Crippen MR) is 89.3 cm³/mol. The molecule has 0 aliphatic carbocycles. The quantitative estimate of drug-likeness (QED) is 0.776. The van der Waals surface area contributed by atoms with Crippen LogP contribution in [0.25, 0.3) is 10.9 Å². The van der Waals surface area contributed by atoms with Crippen LogP contribution in [-0.4, -0.2) is 18.1 Å². The smallest absolute Gasteiger partial charge is 0.123 e. The normalized spacial score (nSPS) is 14.5. The molecule has 0 spiro atoms. The number of benzene rings is 2. The van der Waals surface area contributed by atoms with E-state index < -0.39 is 0 Å². The summed E-state index contributed by atoms with van der Waals surface area (Å²) in [5.41, 5.74) is 4.85. The molecule has 1 aliphatic rings. The van der Waals surface area contributed by atoms with Crippen molar-refractivity contribution in [3.8, 4) is 5.75 Å². The molecule has 4 heteroatoms. The van der Waals surface area contributed by atoms with E-state index in [1.54, 1.807) is 12.1 Å². The Morgan fingerprint density at radius 2 is 1.83 bits per heavy atom. The van der Waals surface area contributed by atoms with Gasteiger partial charge in [-0.3, -0.25) is 0 Å². The van der Waals surface area contributed by atoms with Crippen LogP contribution in [0.4, 0.5) is 4.39 Å². The number of ether oxygens (including phenoxy) is 1. The zero-order chi connectivity index (χ0) is 15.6. The molecule has 4 rings (SSSR count). The van der Waals surface area contributed by atoms with Gasteiger partial charge in [0.15, 0.2) is 0 Å². The Balaban J connectivity index is 1.55. The topological polar surface area (TPSA) is 37.0 Å². The van der Waals surface area contributed by atoms with E-state index in [9.17, 15) is 4.39 Å². The van der Waals surface area contributed by atoms with Gasteiger partial charge in [0, 0.05) is 35.6 Å². The van der Waals surface area contributed by atoms with Gasteiger partial charge in [0.25, 0.3) is 0 Å². The fraction of sp³-hybridized carbons (Fsp3) is 0.263. The Morgan fingerprint density at radius 1 is 1.00 bits per heavy atom. The van der Waals surface area contributed by atoms with Crippen LogP contribution in [0.3, 0.4) is 0 Å². The second kappa shape index (κ2) is 6.05. The van der Waals surface area contributed by atoms with Gasteiger partial charge in [-0.05, 0) is 48.4 Å². The minimum absolute atomic E-state index is 0.224. The maximum Gasteiger partial charge on any atom is 0.123 e. The molecule has 118 valence electrons. The third kappa shape index (κ3) is 2.94. The Kier molecular flexibility index (Phi) is 3.75. The van der Waals surface area contributed by atoms with Gasteiger partial charge in [0.05, 0.1) is 0 Å². The maximum absolute atomic E-state index is 12.9. The lowest BCUT2D eigenvalue weighted by molar-refractivity contribution is 0.306. The Labute approximate surface area is 134 Å². The minimum atomic E-state index is -0.224. The van der Waals surface area contributed by atoms with Crippen LogP contribution in [0.1, 0.15) is 16.8 Å². The van der Waals surface area contributed by atoms with Crippen molar-refractivity contribution in [2.75, 3.05) is 13.1 Å². The molecule has 3 aromatic rings. The van der Waals surface area contributed by atoms with Gasteiger partial charge < -0.3 is 15.0 Å². The zero-order valence-electron chi connectivity index (χ0n) is 12.9. The number of rotatable bonds is 3. The fourth-order valence-electron chi connectivity index (χ4n) is 3.18. The van der Waals surface area contributed by atoms with Gasteiger partial charge in [-0.1, -0.05) is 12.1 Å². The summed E-state index contributed by atoms with van der Waals surface area (Å²) in [6, 6.07) is 12.6. The molecule has 0 fully saturated rings. The third-order valence-corrected chi connectivity index (χ3v) is 4.39. The Bertz CT molecular complexity index is 823. The average molecular weight is 310 g/mol. The molecule has 1 aromatic heterocycles. The van der Waals surface area contributed by atoms with Crippen molar-refractivity contribution in [3.63, 3.8) is 0 Å². The molecule has 0 atom stereocenters. The van der Waals surface area contributed by atoms with E-state index >= 15 is 0 Å². The van der Waals surface area contributed by atoms with Crippen LogP contribution in [0, 0.1) is 5.82 Å². The lowest BCUT2D eigenvalue weighted by atomic mass is 10.1. The van der Waals surface area contributed by atoms with Crippen molar-refractivity contribution in [1.29, 1.82) is 0 Å². The number of hydrogen-bond donors (Lipinski definition) is 2. The van der Waals surface area contributed by atoms with Crippen LogP contribution in [0.5, 0.6) is 5.75 Å². The number of aromatic nitrogens is 1. The molecule has 0 saturated carbocycles. The predicted octanol–water partition coefficient (Wildman–Crippen LogP) is 3.57. The van der Waals surface area contributed by atoms with E-state index in [-0.39, 0.29) is 5.82 Å². The van der Waals surface area contributed by atoms with E-state index in [4.69, 9.17) is 4.74 Å². The molecule has 0 amide bonds. The van der Waals surface area contributed by atoms with E-state index in [1.165, 1.54) is 28.8 Å². The van der Waals surface area contributed by atoms with Crippen molar-refractivity contribution in [3.05, 3.63) is 65.1 Å². The van der Waals surface area contributed by atoms with Crippen molar-refractivity contribution < 1.29 is 9.13 Å². The molecule has 0 unspecified atom stereocenters. The van der Waals surface area contributed by atoms with Gasteiger partial charge in [-0.2, -0.15) is 0 Å². The molecule has 0 bridgehead atoms. The van der Waals surface area contributed by atoms with E-state index in [1.807, 2.05) is 6.07 Å². The molecular weight excluding hydrogens is 291 g/mol. The largest absolute Gasteiger partial charge is 0.489 e. The highest BCUT2D eigenvalue weighted by molar-refractivity contribution is 5.86. The summed E-state index contributed by atoms with van der Waals surface area (Å²) in [4.78, 5) is 3.53. The second-order valence-corrected chi connectivity index (χ2v) is 5.95. The molecule has 2 aromatic carbocycles. The summed E-state index contributed by atoms with van der Waals surface area (Å²) < 4.78 is 18.8. The van der Waals surface area contributed by atoms with Crippen molar-refractivity contribution in [2.45, 2.75) is 19.4 Å². The number of H-pyrrole nitrogens is 1. The van der Waals surface area contributed by atoms with Crippen LogP contribution in [0.2, 0.25) is 0 Å². The molecule has 0 radical (unpaired) electrons. The highest BCUT2D eigenvalue weighted by Gasteiger charge is 2.14. The van der Waals surface area contributed by atoms with Crippen LogP contribution in [0.15, 0.2) is 42.5 Å². The lowest BCUT2D eigenvalue weighted by Crippen LogP contribution is -2.16. The van der Waals surface area contributed by atoms with Crippen LogP contribution < -0.4 is 10.1 Å². The summed E-state index contributed by atoms with van der Waals surface area (Å²) >= 11 is 0. The van der Waals surface area contributed by atoms with Crippen molar-refractivity contribution in [2.24, 2.45) is 0 Å². The second-order valence-electron chi connectivity index (χ2n) is 5.95. The molecule has 1 aliphatic heterocycles. The third-order valence-electron chi connectivity index (χ3n) is 4.39. The van der Waals surface area contributed by atoms with Crippen LogP contribution in [-0.2, 0) is 19.4 Å². The van der Waals surface area contributed by atoms with Gasteiger partial charge in [0.1, 0.15) is 18.2 Å². The van der Waals surface area contributed by atoms with E-state index in [0.717, 1.165) is 42.8 Å². The first-order valence-corrected chi connectivity index (χ1v) is 8.01. The van der Waals surface area contributed by atoms with Gasteiger partial charge in [-0.25, -0.2) is 4.39 Å². The standard InChI is InChI=1S/C19H19FN2O/c20-14-3-1-13(2-4-14)12-23-15-5-6-16-17-7-9-21-10-8-18(17)22-19(16)11-15/h1-6,11,21-22H,7-10,12H2. The molecule has 3 nitrogen and oxygen atoms in total. The molecule has 2 N–H and O–H groups in total. The summed E-state index contributed by atoms with van der Waals surface area (Å²) in [6.07, 6.45) is 2.10. The summed E-state index contributed by atoms with van der Waals surface area (Å²) in [6.45, 7) is 2.49. The monoisotopic (exact) mass is 310 g/mol. The SMILES string of the molecule is Fc1ccc(COc2ccc3c4c([nH]c3c2)CCNCC4)cc1. The van der Waals surface area contributed by atoms with Gasteiger partial charge >= 0.3 is 0 Å². The molecule has 0 saturated heterocycles. The summed E-state index contributed by atoms with van der Waals surface area (Å²) in [5.74, 6) is 0.605. The Morgan fingerprint density at radius 3 is 2.70 bits per heavy atom. The van der Waals surface area contributed by atoms with Gasteiger partial charge in [-0.15, -0.1) is 0 Å². The zero-order valence-corrected chi connectivity index (χ0v) is 12.9. The first-order valence-electron chi connectivity index (χ1n) is 8.01. The highest BCUT2D eigenvalue weighted by Crippen LogP contribution is 2.28. The number of hydrogen-bond acceptors (Lipinski definition) is 2. The minimum Gasteiger partial charge on any atom is -0.489 e. The first-order chi connectivity index (χ1) is 11.3. The lowest BCUT2D eigenvalue weighted by Gasteiger charge is -2.07. The first kappa shape index (κ1) is 14.3. The fourth-order valence-corrected chi connectivity index (χ4v) is 3.18. The summed E-state index contributed by atoms with van der Waals surface area (Å²) in [7, 11) is 0. The highest BCUT2D eigenvalue weighted by atomic mass is 19.1. The van der Waals surface area contributed by atoms with Crippen molar-refractivity contribution >= 4 is 10.9 Å². The number of fused-ring (bicyclic) bond motifs is 3.